The van der Waals surface area contributed by atoms with Gasteiger partial charge in [-0.3, -0.25) is 9.10 Å². The molecule has 0 aromatic heterocycles. The van der Waals surface area contributed by atoms with Crippen LogP contribution in [0, 0.1) is 11.6 Å². The summed E-state index contributed by atoms with van der Waals surface area (Å²) in [6.07, 6.45) is 1.51. The first-order valence-electron chi connectivity index (χ1n) is 9.68. The molecule has 0 unspecified atom stereocenters. The number of amides is 1. The Balaban J connectivity index is 1.67. The molecular formula is C23H21ClF2N2O3S. The van der Waals surface area contributed by atoms with Crippen LogP contribution in [0.15, 0.2) is 66.7 Å². The molecule has 0 bridgehead atoms. The highest BCUT2D eigenvalue weighted by Crippen LogP contribution is 2.27. The minimum absolute atomic E-state index is 0.283. The summed E-state index contributed by atoms with van der Waals surface area (Å²) < 4.78 is 53.4. The molecule has 3 aromatic rings. The molecule has 168 valence electrons. The van der Waals surface area contributed by atoms with E-state index in [1.807, 2.05) is 12.1 Å². The summed E-state index contributed by atoms with van der Waals surface area (Å²) in [7, 11) is -3.96. The number of hydrogen-bond donors (Lipinski definition) is 1. The van der Waals surface area contributed by atoms with Crippen LogP contribution in [-0.4, -0.2) is 27.1 Å². The molecule has 5 nitrogen and oxygen atoms in total. The summed E-state index contributed by atoms with van der Waals surface area (Å²) in [5.41, 5.74) is 1.24. The van der Waals surface area contributed by atoms with Crippen molar-refractivity contribution in [3.8, 4) is 0 Å². The fraction of sp³-hybridized carbons (Fsp3) is 0.174. The number of rotatable bonds is 8. The van der Waals surface area contributed by atoms with Crippen molar-refractivity contribution in [3.63, 3.8) is 0 Å². The molecule has 0 radical (unpaired) electrons. The molecule has 0 aliphatic carbocycles. The van der Waals surface area contributed by atoms with Gasteiger partial charge in [0.05, 0.1) is 12.8 Å². The Morgan fingerprint density at radius 2 is 1.50 bits per heavy atom. The molecule has 3 rings (SSSR count). The maximum Gasteiger partial charge on any atom is 0.251 e. The maximum atomic E-state index is 14.2. The van der Waals surface area contributed by atoms with Gasteiger partial charge in [-0.15, -0.1) is 0 Å². The number of hydrogen-bond acceptors (Lipinski definition) is 3. The lowest BCUT2D eigenvalue weighted by molar-refractivity contribution is 0.0954. The molecule has 1 N–H and O–H groups in total. The zero-order valence-corrected chi connectivity index (χ0v) is 18.8. The number of halogens is 3. The number of carbonyl (C=O) groups excluding carboxylic acids is 1. The van der Waals surface area contributed by atoms with Crippen LogP contribution in [0.5, 0.6) is 0 Å². The monoisotopic (exact) mass is 478 g/mol. The third kappa shape index (κ3) is 6.05. The predicted octanol–water partition coefficient (Wildman–Crippen LogP) is 4.56. The highest BCUT2D eigenvalue weighted by molar-refractivity contribution is 7.92. The van der Waals surface area contributed by atoms with Gasteiger partial charge in [0.15, 0.2) is 11.6 Å². The van der Waals surface area contributed by atoms with Gasteiger partial charge in [-0.1, -0.05) is 41.9 Å². The SMILES string of the molecule is CS(=O)(=O)N(Cc1ccc(C(=O)NCCc2ccc(Cl)cc2)cc1)c1c(F)cccc1F. The molecular weight excluding hydrogens is 458 g/mol. The van der Waals surface area contributed by atoms with Crippen molar-refractivity contribution < 1.29 is 22.0 Å². The zero-order chi connectivity index (χ0) is 23.3. The minimum atomic E-state index is -3.96. The first kappa shape index (κ1) is 23.7. The van der Waals surface area contributed by atoms with Gasteiger partial charge in [0, 0.05) is 17.1 Å². The van der Waals surface area contributed by atoms with Crippen LogP contribution in [-0.2, 0) is 23.0 Å². The van der Waals surface area contributed by atoms with E-state index < -0.39 is 27.3 Å². The molecule has 0 atom stereocenters. The van der Waals surface area contributed by atoms with Gasteiger partial charge >= 0.3 is 0 Å². The van der Waals surface area contributed by atoms with Crippen molar-refractivity contribution in [1.29, 1.82) is 0 Å². The Morgan fingerprint density at radius 3 is 2.06 bits per heavy atom. The van der Waals surface area contributed by atoms with Crippen LogP contribution in [0.3, 0.4) is 0 Å². The molecule has 3 aromatic carbocycles. The molecule has 0 fully saturated rings. The van der Waals surface area contributed by atoms with Crippen LogP contribution in [0.4, 0.5) is 14.5 Å². The molecule has 1 amide bonds. The summed E-state index contributed by atoms with van der Waals surface area (Å²) in [6, 6.07) is 16.6. The highest BCUT2D eigenvalue weighted by Gasteiger charge is 2.24. The Labute approximate surface area is 190 Å². The summed E-state index contributed by atoms with van der Waals surface area (Å²) in [4.78, 5) is 12.4. The molecule has 0 aliphatic rings. The quantitative estimate of drug-likeness (QED) is 0.516. The van der Waals surface area contributed by atoms with Crippen LogP contribution in [0.2, 0.25) is 5.02 Å². The van der Waals surface area contributed by atoms with Gasteiger partial charge in [-0.25, -0.2) is 17.2 Å². The Kier molecular flexibility index (Phi) is 7.48. The number of anilines is 1. The number of nitrogens with one attached hydrogen (secondary N) is 1. The van der Waals surface area contributed by atoms with Crippen molar-refractivity contribution in [2.45, 2.75) is 13.0 Å². The summed E-state index contributed by atoms with van der Waals surface area (Å²) in [5.74, 6) is -2.25. The molecule has 0 heterocycles. The third-order valence-corrected chi connectivity index (χ3v) is 6.11. The predicted molar refractivity (Wildman–Crippen MR) is 121 cm³/mol. The van der Waals surface area contributed by atoms with Gasteiger partial charge in [0.2, 0.25) is 10.0 Å². The number of carbonyl (C=O) groups is 1. The van der Waals surface area contributed by atoms with Gasteiger partial charge in [0.25, 0.3) is 5.91 Å². The fourth-order valence-corrected chi connectivity index (χ4v) is 4.11. The van der Waals surface area contributed by atoms with E-state index >= 15 is 0 Å². The number of benzene rings is 3. The molecule has 0 spiro atoms. The van der Waals surface area contributed by atoms with Crippen molar-refractivity contribution in [3.05, 3.63) is 100 Å². The molecule has 32 heavy (non-hydrogen) atoms. The number of para-hydroxylation sites is 1. The zero-order valence-electron chi connectivity index (χ0n) is 17.2. The maximum absolute atomic E-state index is 14.2. The number of nitrogens with zero attached hydrogens (tertiary/aromatic N) is 1. The number of sulfonamides is 1. The first-order valence-corrected chi connectivity index (χ1v) is 11.9. The van der Waals surface area contributed by atoms with Crippen LogP contribution >= 0.6 is 11.6 Å². The van der Waals surface area contributed by atoms with Crippen LogP contribution in [0.25, 0.3) is 0 Å². The molecule has 0 aliphatic heterocycles. The lowest BCUT2D eigenvalue weighted by atomic mass is 10.1. The van der Waals surface area contributed by atoms with E-state index in [4.69, 9.17) is 11.6 Å². The molecule has 9 heteroatoms. The van der Waals surface area contributed by atoms with E-state index in [1.54, 1.807) is 24.3 Å². The normalized spacial score (nSPS) is 11.2. The van der Waals surface area contributed by atoms with E-state index in [0.717, 1.165) is 30.0 Å². The van der Waals surface area contributed by atoms with Gasteiger partial charge in [0.1, 0.15) is 5.69 Å². The largest absolute Gasteiger partial charge is 0.352 e. The van der Waals surface area contributed by atoms with Crippen molar-refractivity contribution >= 4 is 33.2 Å². The standard InChI is InChI=1S/C23H21ClF2N2O3S/c1-32(30,31)28(22-20(25)3-2-4-21(22)26)15-17-5-9-18(10-6-17)23(29)27-14-13-16-7-11-19(24)12-8-16/h2-12H,13-15H2,1H3,(H,27,29). The Morgan fingerprint density at radius 1 is 0.938 bits per heavy atom. The average Bonchev–Trinajstić information content (AvgIpc) is 2.74. The van der Waals surface area contributed by atoms with Crippen molar-refractivity contribution in [2.75, 3.05) is 17.1 Å². The fourth-order valence-electron chi connectivity index (χ4n) is 3.09. The third-order valence-electron chi connectivity index (χ3n) is 4.74. The lowest BCUT2D eigenvalue weighted by Crippen LogP contribution is -2.31. The molecule has 0 saturated carbocycles. The average molecular weight is 479 g/mol. The Hall–Kier alpha value is -2.97. The van der Waals surface area contributed by atoms with E-state index in [0.29, 0.717) is 33.4 Å². The van der Waals surface area contributed by atoms with Gasteiger partial charge in [-0.2, -0.15) is 0 Å². The summed E-state index contributed by atoms with van der Waals surface area (Å²) in [5, 5.41) is 3.45. The van der Waals surface area contributed by atoms with Crippen molar-refractivity contribution in [1.82, 2.24) is 5.32 Å². The van der Waals surface area contributed by atoms with Gasteiger partial charge in [-0.05, 0) is 53.9 Å². The van der Waals surface area contributed by atoms with Crippen molar-refractivity contribution in [2.24, 2.45) is 0 Å². The van der Waals surface area contributed by atoms with Crippen LogP contribution < -0.4 is 9.62 Å². The van der Waals surface area contributed by atoms with E-state index in [2.05, 4.69) is 5.32 Å². The smallest absolute Gasteiger partial charge is 0.251 e. The topological polar surface area (TPSA) is 66.5 Å². The second kappa shape index (κ2) is 10.1. The second-order valence-corrected chi connectivity index (χ2v) is 9.51. The van der Waals surface area contributed by atoms with Gasteiger partial charge < -0.3 is 5.32 Å². The highest BCUT2D eigenvalue weighted by atomic mass is 35.5. The summed E-state index contributed by atoms with van der Waals surface area (Å²) >= 11 is 5.85. The minimum Gasteiger partial charge on any atom is -0.352 e. The Bertz CT molecular complexity index is 1180. The second-order valence-electron chi connectivity index (χ2n) is 7.17. The first-order chi connectivity index (χ1) is 15.1. The summed E-state index contributed by atoms with van der Waals surface area (Å²) in [6.45, 7) is 0.145. The van der Waals surface area contributed by atoms with E-state index in [-0.39, 0.29) is 12.5 Å². The van der Waals surface area contributed by atoms with E-state index in [1.165, 1.54) is 12.1 Å². The van der Waals surface area contributed by atoms with Crippen LogP contribution in [0.1, 0.15) is 21.5 Å². The lowest BCUT2D eigenvalue weighted by Gasteiger charge is -2.23. The van der Waals surface area contributed by atoms with E-state index in [9.17, 15) is 22.0 Å². The molecule has 0 saturated heterocycles.